The minimum atomic E-state index is 1.17. The fourth-order valence-corrected chi connectivity index (χ4v) is 5.73. The predicted molar refractivity (Wildman–Crippen MR) is 140 cm³/mol. The Morgan fingerprint density at radius 2 is 0.879 bits per heavy atom. The normalized spacial score (nSPS) is 12.2. The average Bonchev–Trinajstić information content (AvgIpc) is 3.53. The van der Waals surface area contributed by atoms with Gasteiger partial charge in [-0.05, 0) is 48.5 Å². The van der Waals surface area contributed by atoms with E-state index in [2.05, 4.69) is 118 Å². The summed E-state index contributed by atoms with van der Waals surface area (Å²) in [6.07, 6.45) is 0. The van der Waals surface area contributed by atoms with Crippen molar-refractivity contribution in [3.8, 4) is 5.69 Å². The summed E-state index contributed by atoms with van der Waals surface area (Å²) in [6.45, 7) is 0. The van der Waals surface area contributed by atoms with Crippen LogP contribution in [0.5, 0.6) is 0 Å². The van der Waals surface area contributed by atoms with Crippen LogP contribution in [0.2, 0.25) is 0 Å². The summed E-state index contributed by atoms with van der Waals surface area (Å²) in [5.41, 5.74) is 8.33. The standard InChI is InChI=1S/C30H19N3/c1-2-8-18(9-3-1)33-25-16-14-23-27(19-10-4-6-12-21(19)31-23)29(25)30-26(33)17-15-24-28(30)20-11-5-7-13-22(20)32-24/h1-17,31-32H. The molecule has 0 saturated heterocycles. The van der Waals surface area contributed by atoms with E-state index in [-0.39, 0.29) is 0 Å². The first-order chi connectivity index (χ1) is 16.4. The van der Waals surface area contributed by atoms with E-state index in [1.165, 1.54) is 71.1 Å². The van der Waals surface area contributed by atoms with Gasteiger partial charge >= 0.3 is 0 Å². The summed E-state index contributed by atoms with van der Waals surface area (Å²) in [5, 5.41) is 7.73. The van der Waals surface area contributed by atoms with Crippen molar-refractivity contribution in [2.24, 2.45) is 0 Å². The number of nitrogens with zero attached hydrogens (tertiary/aromatic N) is 1. The number of hydrogen-bond donors (Lipinski definition) is 2. The smallest absolute Gasteiger partial charge is 0.0549 e. The molecule has 0 aliphatic carbocycles. The molecule has 0 radical (unpaired) electrons. The molecule has 0 atom stereocenters. The summed E-state index contributed by atoms with van der Waals surface area (Å²) < 4.78 is 2.41. The minimum Gasteiger partial charge on any atom is -0.354 e. The largest absolute Gasteiger partial charge is 0.354 e. The summed E-state index contributed by atoms with van der Waals surface area (Å²) in [4.78, 5) is 7.29. The van der Waals surface area contributed by atoms with Gasteiger partial charge in [0.25, 0.3) is 0 Å². The van der Waals surface area contributed by atoms with E-state index in [9.17, 15) is 0 Å². The van der Waals surface area contributed by atoms with Crippen LogP contribution in [0.1, 0.15) is 0 Å². The Balaban J connectivity index is 1.74. The van der Waals surface area contributed by atoms with E-state index >= 15 is 0 Å². The van der Waals surface area contributed by atoms with Crippen LogP contribution >= 0.6 is 0 Å². The molecule has 0 amide bonds. The van der Waals surface area contributed by atoms with E-state index in [1.54, 1.807) is 0 Å². The Bertz CT molecular complexity index is 1890. The van der Waals surface area contributed by atoms with E-state index in [4.69, 9.17) is 0 Å². The molecular weight excluding hydrogens is 402 g/mol. The molecule has 0 spiro atoms. The van der Waals surface area contributed by atoms with Crippen LogP contribution in [-0.4, -0.2) is 14.5 Å². The van der Waals surface area contributed by atoms with E-state index < -0.39 is 0 Å². The van der Waals surface area contributed by atoms with Gasteiger partial charge in [0.05, 0.1) is 11.0 Å². The third-order valence-corrected chi connectivity index (χ3v) is 7.04. The number of fused-ring (bicyclic) bond motifs is 11. The average molecular weight is 422 g/mol. The van der Waals surface area contributed by atoms with Gasteiger partial charge in [-0.1, -0.05) is 54.6 Å². The highest BCUT2D eigenvalue weighted by atomic mass is 15.0. The van der Waals surface area contributed by atoms with Crippen molar-refractivity contribution in [3.05, 3.63) is 103 Å². The summed E-state index contributed by atoms with van der Waals surface area (Å²) >= 11 is 0. The second kappa shape index (κ2) is 6.05. The fraction of sp³-hybridized carbons (Fsp3) is 0. The summed E-state index contributed by atoms with van der Waals surface area (Å²) in [7, 11) is 0. The lowest BCUT2D eigenvalue weighted by Gasteiger charge is -2.07. The zero-order chi connectivity index (χ0) is 21.5. The predicted octanol–water partition coefficient (Wildman–Crippen LogP) is 8.05. The van der Waals surface area contributed by atoms with Crippen LogP contribution in [0.3, 0.4) is 0 Å². The number of rotatable bonds is 1. The summed E-state index contributed by atoms with van der Waals surface area (Å²) in [6, 6.07) is 36.9. The second-order valence-electron chi connectivity index (χ2n) is 8.78. The van der Waals surface area contributed by atoms with Crippen molar-refractivity contribution in [2.75, 3.05) is 0 Å². The highest BCUT2D eigenvalue weighted by Gasteiger charge is 2.20. The molecule has 3 heteroatoms. The maximum Gasteiger partial charge on any atom is 0.0549 e. The zero-order valence-electron chi connectivity index (χ0n) is 17.8. The van der Waals surface area contributed by atoms with Crippen LogP contribution in [0.25, 0.3) is 71.1 Å². The number of H-pyrrole nitrogens is 2. The number of para-hydroxylation sites is 3. The topological polar surface area (TPSA) is 36.5 Å². The monoisotopic (exact) mass is 421 g/mol. The van der Waals surface area contributed by atoms with Crippen LogP contribution in [0.15, 0.2) is 103 Å². The molecule has 8 rings (SSSR count). The Morgan fingerprint density at radius 1 is 0.394 bits per heavy atom. The molecule has 0 fully saturated rings. The van der Waals surface area contributed by atoms with Crippen molar-refractivity contribution in [1.29, 1.82) is 0 Å². The third kappa shape index (κ3) is 2.14. The van der Waals surface area contributed by atoms with E-state index in [1.807, 2.05) is 0 Å². The van der Waals surface area contributed by atoms with E-state index in [0.29, 0.717) is 0 Å². The molecule has 0 saturated carbocycles. The van der Waals surface area contributed by atoms with Crippen molar-refractivity contribution >= 4 is 65.4 Å². The molecule has 3 heterocycles. The minimum absolute atomic E-state index is 1.17. The Labute approximate surface area is 188 Å². The molecule has 0 aliphatic heterocycles. The van der Waals surface area contributed by atoms with Crippen molar-refractivity contribution in [3.63, 3.8) is 0 Å². The lowest BCUT2D eigenvalue weighted by molar-refractivity contribution is 1.18. The third-order valence-electron chi connectivity index (χ3n) is 7.04. The molecule has 0 unspecified atom stereocenters. The van der Waals surface area contributed by atoms with Gasteiger partial charge in [0.2, 0.25) is 0 Å². The lowest BCUT2D eigenvalue weighted by atomic mass is 10.0. The molecule has 5 aromatic carbocycles. The molecule has 2 N–H and O–H groups in total. The molecule has 33 heavy (non-hydrogen) atoms. The maximum atomic E-state index is 3.65. The van der Waals surface area contributed by atoms with Crippen molar-refractivity contribution in [1.82, 2.24) is 14.5 Å². The van der Waals surface area contributed by atoms with Gasteiger partial charge in [-0.25, -0.2) is 0 Å². The number of hydrogen-bond acceptors (Lipinski definition) is 0. The molecule has 0 aliphatic rings. The highest BCUT2D eigenvalue weighted by molar-refractivity contribution is 6.35. The first-order valence-electron chi connectivity index (χ1n) is 11.3. The quantitative estimate of drug-likeness (QED) is 0.269. The highest BCUT2D eigenvalue weighted by Crippen LogP contribution is 2.44. The molecule has 8 aromatic rings. The number of benzene rings is 5. The van der Waals surface area contributed by atoms with Crippen molar-refractivity contribution in [2.45, 2.75) is 0 Å². The first-order valence-corrected chi connectivity index (χ1v) is 11.3. The Morgan fingerprint density at radius 3 is 1.42 bits per heavy atom. The van der Waals surface area contributed by atoms with Crippen LogP contribution in [0, 0.1) is 0 Å². The zero-order valence-corrected chi connectivity index (χ0v) is 17.8. The maximum absolute atomic E-state index is 3.65. The van der Waals surface area contributed by atoms with Gasteiger partial charge in [0.15, 0.2) is 0 Å². The van der Waals surface area contributed by atoms with Gasteiger partial charge in [-0.3, -0.25) is 0 Å². The molecule has 3 aromatic heterocycles. The van der Waals surface area contributed by atoms with Crippen LogP contribution in [-0.2, 0) is 0 Å². The van der Waals surface area contributed by atoms with Gasteiger partial charge in [-0.15, -0.1) is 0 Å². The number of aromatic nitrogens is 3. The molecule has 0 bridgehead atoms. The van der Waals surface area contributed by atoms with E-state index in [0.717, 1.165) is 0 Å². The lowest BCUT2D eigenvalue weighted by Crippen LogP contribution is -1.92. The van der Waals surface area contributed by atoms with Crippen molar-refractivity contribution < 1.29 is 0 Å². The van der Waals surface area contributed by atoms with Gasteiger partial charge in [-0.2, -0.15) is 0 Å². The Kier molecular flexibility index (Phi) is 3.14. The van der Waals surface area contributed by atoms with Gasteiger partial charge < -0.3 is 14.5 Å². The van der Waals surface area contributed by atoms with Gasteiger partial charge in [0.1, 0.15) is 0 Å². The van der Waals surface area contributed by atoms with Crippen LogP contribution < -0.4 is 0 Å². The summed E-state index contributed by atoms with van der Waals surface area (Å²) in [5.74, 6) is 0. The number of aromatic amines is 2. The molecular formula is C30H19N3. The SMILES string of the molecule is c1ccc(-n2c3ccc4[nH]c5ccccc5c4c3c3c4c(ccc32)[nH]c2ccccc24)cc1. The molecule has 154 valence electrons. The number of nitrogens with one attached hydrogen (secondary N) is 2. The Hall–Kier alpha value is -4.50. The first kappa shape index (κ1) is 17.1. The fourth-order valence-electron chi connectivity index (χ4n) is 5.73. The van der Waals surface area contributed by atoms with Gasteiger partial charge in [0, 0.05) is 60.1 Å². The van der Waals surface area contributed by atoms with Crippen LogP contribution in [0.4, 0.5) is 0 Å². The second-order valence-corrected chi connectivity index (χ2v) is 8.78. The molecule has 3 nitrogen and oxygen atoms in total.